The number of ketones is 1. The van der Waals surface area contributed by atoms with E-state index in [2.05, 4.69) is 29.3 Å². The van der Waals surface area contributed by atoms with E-state index in [1.807, 2.05) is 12.1 Å². The van der Waals surface area contributed by atoms with E-state index in [0.717, 1.165) is 30.6 Å². The number of benzene rings is 1. The predicted octanol–water partition coefficient (Wildman–Crippen LogP) is 2.67. The van der Waals surface area contributed by atoms with Crippen molar-refractivity contribution < 1.29 is 19.1 Å². The lowest BCUT2D eigenvalue weighted by atomic mass is 9.71. The van der Waals surface area contributed by atoms with Crippen LogP contribution in [0.2, 0.25) is 0 Å². The van der Waals surface area contributed by atoms with Crippen molar-refractivity contribution in [3.05, 3.63) is 34.5 Å². The number of nitrogens with one attached hydrogen (secondary N) is 1. The van der Waals surface area contributed by atoms with Crippen LogP contribution in [0.5, 0.6) is 11.5 Å². The van der Waals surface area contributed by atoms with E-state index in [1.54, 1.807) is 14.2 Å². The third kappa shape index (κ3) is 3.40. The maximum absolute atomic E-state index is 13.1. The summed E-state index contributed by atoms with van der Waals surface area (Å²) in [6.07, 6.45) is 2.60. The molecule has 0 bridgehead atoms. The van der Waals surface area contributed by atoms with Crippen molar-refractivity contribution in [3.63, 3.8) is 0 Å². The third-order valence-corrected chi connectivity index (χ3v) is 6.18. The molecule has 8 heteroatoms. The molecule has 8 nitrogen and oxygen atoms in total. The quantitative estimate of drug-likeness (QED) is 0.743. The van der Waals surface area contributed by atoms with Gasteiger partial charge in [-0.15, -0.1) is 0 Å². The van der Waals surface area contributed by atoms with Gasteiger partial charge in [-0.05, 0) is 41.5 Å². The summed E-state index contributed by atoms with van der Waals surface area (Å²) in [7, 11) is 3.26. The molecule has 1 atom stereocenters. The fraction of sp³-hybridized carbons (Fsp3) is 0.500. The number of hydrogen-bond acceptors (Lipinski definition) is 6. The van der Waals surface area contributed by atoms with Gasteiger partial charge in [0.1, 0.15) is 0 Å². The summed E-state index contributed by atoms with van der Waals surface area (Å²) in [5.41, 5.74) is 12.0. The number of allylic oxidation sites excluding steroid dienone is 2. The molecule has 0 spiro atoms. The maximum atomic E-state index is 13.1. The summed E-state index contributed by atoms with van der Waals surface area (Å²) in [5, 5.41) is 4.24. The van der Waals surface area contributed by atoms with Crippen LogP contribution in [-0.2, 0) is 11.2 Å². The highest BCUT2D eigenvalue weighted by Crippen LogP contribution is 2.49. The van der Waals surface area contributed by atoms with E-state index in [9.17, 15) is 9.59 Å². The highest BCUT2D eigenvalue weighted by atomic mass is 16.5. The Hall–Kier alpha value is -3.03. The van der Waals surface area contributed by atoms with Crippen LogP contribution >= 0.6 is 0 Å². The van der Waals surface area contributed by atoms with Gasteiger partial charge in [-0.3, -0.25) is 4.79 Å². The smallest absolute Gasteiger partial charge is 0.332 e. The highest BCUT2D eigenvalue weighted by Gasteiger charge is 2.44. The molecule has 0 radical (unpaired) electrons. The van der Waals surface area contributed by atoms with Crippen LogP contribution in [0, 0.1) is 5.41 Å². The van der Waals surface area contributed by atoms with Crippen LogP contribution in [0.25, 0.3) is 0 Å². The van der Waals surface area contributed by atoms with Crippen LogP contribution in [0.1, 0.15) is 50.3 Å². The molecular weight excluding hydrogens is 384 g/mol. The molecule has 3 aliphatic rings. The number of hydrogen-bond donors (Lipinski definition) is 2. The summed E-state index contributed by atoms with van der Waals surface area (Å²) in [6.45, 7) is 5.04. The number of carbonyl (C=O) groups excluding carboxylic acids is 2. The molecule has 3 N–H and O–H groups in total. The van der Waals surface area contributed by atoms with Gasteiger partial charge >= 0.3 is 6.03 Å². The molecule has 160 valence electrons. The van der Waals surface area contributed by atoms with Gasteiger partial charge in [-0.1, -0.05) is 13.8 Å². The van der Waals surface area contributed by atoms with Crippen molar-refractivity contribution in [1.82, 2.24) is 10.3 Å². The Morgan fingerprint density at radius 3 is 2.60 bits per heavy atom. The number of ether oxygens (including phenoxy) is 2. The molecule has 30 heavy (non-hydrogen) atoms. The van der Waals surface area contributed by atoms with E-state index in [-0.39, 0.29) is 17.2 Å². The number of fused-ring (bicyclic) bond motifs is 4. The number of hydrazone groups is 1. The zero-order valence-electron chi connectivity index (χ0n) is 17.9. The van der Waals surface area contributed by atoms with E-state index in [0.29, 0.717) is 35.6 Å². The first-order valence-corrected chi connectivity index (χ1v) is 10.1. The number of nitrogens with zero attached hydrogens (tertiary/aromatic N) is 2. The topological polar surface area (TPSA) is 106 Å². The number of carbonyl (C=O) groups is 2. The van der Waals surface area contributed by atoms with Crippen LogP contribution in [0.15, 0.2) is 28.5 Å². The average Bonchev–Trinajstić information content (AvgIpc) is 2.69. The second-order valence-corrected chi connectivity index (χ2v) is 8.87. The summed E-state index contributed by atoms with van der Waals surface area (Å²) >= 11 is 0. The van der Waals surface area contributed by atoms with Crippen molar-refractivity contribution >= 4 is 17.5 Å². The molecule has 0 fully saturated rings. The lowest BCUT2D eigenvalue weighted by Crippen LogP contribution is -2.46. The predicted molar refractivity (Wildman–Crippen MR) is 113 cm³/mol. The summed E-state index contributed by atoms with van der Waals surface area (Å²) in [4.78, 5) is 26.7. The molecular formula is C22H28N4O4. The Labute approximate surface area is 176 Å². The lowest BCUT2D eigenvalue weighted by molar-refractivity contribution is -0.118. The number of Topliss-reactive ketones (excluding diaryl/α,β-unsaturated/α-hetero) is 1. The molecule has 0 aromatic heterocycles. The summed E-state index contributed by atoms with van der Waals surface area (Å²) in [6, 6.07) is 3.31. The van der Waals surface area contributed by atoms with Crippen molar-refractivity contribution in [2.75, 3.05) is 20.8 Å². The largest absolute Gasteiger partial charge is 0.493 e. The van der Waals surface area contributed by atoms with Gasteiger partial charge in [0.25, 0.3) is 0 Å². The van der Waals surface area contributed by atoms with Crippen molar-refractivity contribution in [2.24, 2.45) is 16.3 Å². The zero-order valence-corrected chi connectivity index (χ0v) is 17.9. The van der Waals surface area contributed by atoms with Crippen molar-refractivity contribution in [2.45, 2.75) is 45.6 Å². The summed E-state index contributed by atoms with van der Waals surface area (Å²) in [5.74, 6) is 1.45. The van der Waals surface area contributed by atoms with Crippen molar-refractivity contribution in [3.8, 4) is 11.5 Å². The average molecular weight is 412 g/mol. The second-order valence-electron chi connectivity index (χ2n) is 8.87. The Morgan fingerprint density at radius 2 is 1.93 bits per heavy atom. The fourth-order valence-corrected chi connectivity index (χ4v) is 4.94. The van der Waals surface area contributed by atoms with Gasteiger partial charge in [-0.2, -0.15) is 5.10 Å². The molecule has 0 unspecified atom stereocenters. The first kappa shape index (κ1) is 20.3. The van der Waals surface area contributed by atoms with E-state index < -0.39 is 6.03 Å². The van der Waals surface area contributed by atoms with Gasteiger partial charge in [0.05, 0.1) is 31.5 Å². The molecule has 1 aliphatic carbocycles. The molecule has 2 aliphatic heterocycles. The number of methoxy groups -OCH3 is 2. The van der Waals surface area contributed by atoms with Gasteiger partial charge in [-0.25, -0.2) is 10.2 Å². The minimum Gasteiger partial charge on any atom is -0.493 e. The van der Waals surface area contributed by atoms with Crippen LogP contribution in [0.4, 0.5) is 4.79 Å². The Morgan fingerprint density at radius 1 is 1.23 bits per heavy atom. The minimum atomic E-state index is -0.744. The highest BCUT2D eigenvalue weighted by molar-refractivity contribution is 6.24. The second kappa shape index (κ2) is 7.34. The number of nitrogens with two attached hydrogens (primary N) is 1. The SMILES string of the molecule is COc1cc2c(cc1OC)[C@@H]1C/C(=N/NC(N)=O)C3=C(CC(C)(C)CC3=O)N1CC2. The Balaban J connectivity index is 1.85. The van der Waals surface area contributed by atoms with Gasteiger partial charge in [0, 0.05) is 25.1 Å². The van der Waals surface area contributed by atoms with Gasteiger partial charge in [0.2, 0.25) is 0 Å². The number of primary amides is 1. The maximum Gasteiger partial charge on any atom is 0.332 e. The van der Waals surface area contributed by atoms with Crippen molar-refractivity contribution in [1.29, 1.82) is 0 Å². The lowest BCUT2D eigenvalue weighted by Gasteiger charge is -2.48. The first-order chi connectivity index (χ1) is 14.2. The molecule has 1 aromatic carbocycles. The first-order valence-electron chi connectivity index (χ1n) is 10.1. The van der Waals surface area contributed by atoms with Gasteiger partial charge < -0.3 is 20.1 Å². The van der Waals surface area contributed by atoms with E-state index in [4.69, 9.17) is 15.2 Å². The van der Waals surface area contributed by atoms with E-state index >= 15 is 0 Å². The van der Waals surface area contributed by atoms with Crippen LogP contribution < -0.4 is 20.6 Å². The van der Waals surface area contributed by atoms with Crippen LogP contribution in [0.3, 0.4) is 0 Å². The minimum absolute atomic E-state index is 0.00225. The molecule has 1 aromatic rings. The number of rotatable bonds is 3. The summed E-state index contributed by atoms with van der Waals surface area (Å²) < 4.78 is 11.0. The zero-order chi connectivity index (χ0) is 21.6. The standard InChI is InChI=1S/C22H28N4O4/c1-22(2)10-16-20(17(27)11-22)14(24-25-21(23)28)9-15-13-8-19(30-4)18(29-3)7-12(13)5-6-26(15)16/h7-8,15H,5-6,9-11H2,1-4H3,(H3,23,25,28)/b24-14-/t15-/m0/s1. The monoisotopic (exact) mass is 412 g/mol. The van der Waals surface area contributed by atoms with Gasteiger partial charge in [0.15, 0.2) is 17.3 Å². The molecule has 0 saturated carbocycles. The third-order valence-electron chi connectivity index (χ3n) is 6.18. The Bertz CT molecular complexity index is 980. The molecule has 0 saturated heterocycles. The number of urea groups is 1. The Kier molecular flexibility index (Phi) is 4.95. The molecule has 2 amide bonds. The molecule has 4 rings (SSSR count). The molecule has 2 heterocycles. The van der Waals surface area contributed by atoms with Crippen LogP contribution in [-0.4, -0.2) is 43.2 Å². The number of amides is 2. The normalized spacial score (nSPS) is 23.5. The fourth-order valence-electron chi connectivity index (χ4n) is 4.94. The van der Waals surface area contributed by atoms with E-state index in [1.165, 1.54) is 5.56 Å².